The molecule has 0 saturated heterocycles. The molecule has 0 bridgehead atoms. The Morgan fingerprint density at radius 1 is 1.40 bits per heavy atom. The van der Waals surface area contributed by atoms with Gasteiger partial charge in [-0.25, -0.2) is 0 Å². The van der Waals surface area contributed by atoms with E-state index in [0.29, 0.717) is 16.6 Å². The molecule has 20 heavy (non-hydrogen) atoms. The van der Waals surface area contributed by atoms with Crippen molar-refractivity contribution in [1.29, 1.82) is 0 Å². The SMILES string of the molecule is Cn1cc(CN2Cc3cc(Cl)cc(Cl)c3C2CN)cn1. The number of hydrogen-bond donors (Lipinski definition) is 1. The molecule has 0 amide bonds. The van der Waals surface area contributed by atoms with Gasteiger partial charge in [0.05, 0.1) is 6.20 Å². The van der Waals surface area contributed by atoms with Gasteiger partial charge in [-0.3, -0.25) is 9.58 Å². The summed E-state index contributed by atoms with van der Waals surface area (Å²) in [6.07, 6.45) is 3.90. The fourth-order valence-electron chi connectivity index (χ4n) is 2.87. The molecule has 0 spiro atoms. The molecule has 1 aliphatic rings. The summed E-state index contributed by atoms with van der Waals surface area (Å²) in [5.74, 6) is 0. The third-order valence-corrected chi connectivity index (χ3v) is 4.23. The molecule has 0 fully saturated rings. The van der Waals surface area contributed by atoms with E-state index in [1.807, 2.05) is 25.5 Å². The van der Waals surface area contributed by atoms with Crippen LogP contribution in [0.2, 0.25) is 10.0 Å². The second kappa shape index (κ2) is 5.37. The van der Waals surface area contributed by atoms with Gasteiger partial charge in [-0.05, 0) is 23.3 Å². The summed E-state index contributed by atoms with van der Waals surface area (Å²) in [6, 6.07) is 3.90. The average molecular weight is 311 g/mol. The van der Waals surface area contributed by atoms with Gasteiger partial charge in [0.15, 0.2) is 0 Å². The van der Waals surface area contributed by atoms with Crippen molar-refractivity contribution in [2.45, 2.75) is 19.1 Å². The molecule has 3 rings (SSSR count). The predicted molar refractivity (Wildman–Crippen MR) is 80.7 cm³/mol. The lowest BCUT2D eigenvalue weighted by molar-refractivity contribution is 0.211. The molecule has 1 unspecified atom stereocenters. The Kier molecular flexibility index (Phi) is 3.73. The highest BCUT2D eigenvalue weighted by Gasteiger charge is 2.31. The van der Waals surface area contributed by atoms with Crippen molar-refractivity contribution in [2.75, 3.05) is 6.54 Å². The Labute approximate surface area is 128 Å². The zero-order chi connectivity index (χ0) is 14.3. The van der Waals surface area contributed by atoms with Crippen molar-refractivity contribution in [3.63, 3.8) is 0 Å². The highest BCUT2D eigenvalue weighted by molar-refractivity contribution is 6.35. The topological polar surface area (TPSA) is 47.1 Å². The van der Waals surface area contributed by atoms with Crippen molar-refractivity contribution in [2.24, 2.45) is 12.8 Å². The molecular formula is C14H16Cl2N4. The molecule has 1 aromatic carbocycles. The van der Waals surface area contributed by atoms with Gasteiger partial charge in [0.25, 0.3) is 0 Å². The monoisotopic (exact) mass is 310 g/mol. The highest BCUT2D eigenvalue weighted by Crippen LogP contribution is 2.40. The van der Waals surface area contributed by atoms with E-state index in [-0.39, 0.29) is 6.04 Å². The Morgan fingerprint density at radius 2 is 2.20 bits per heavy atom. The van der Waals surface area contributed by atoms with E-state index in [2.05, 4.69) is 10.00 Å². The number of halogens is 2. The number of benzene rings is 1. The van der Waals surface area contributed by atoms with Crippen molar-refractivity contribution in [1.82, 2.24) is 14.7 Å². The molecule has 6 heteroatoms. The first kappa shape index (κ1) is 13.9. The van der Waals surface area contributed by atoms with Gasteiger partial charge in [0, 0.05) is 54.5 Å². The number of nitrogens with zero attached hydrogens (tertiary/aromatic N) is 3. The summed E-state index contributed by atoms with van der Waals surface area (Å²) >= 11 is 12.4. The number of hydrogen-bond acceptors (Lipinski definition) is 3. The summed E-state index contributed by atoms with van der Waals surface area (Å²) < 4.78 is 1.81. The second-order valence-electron chi connectivity index (χ2n) is 5.14. The normalized spacial score (nSPS) is 18.5. The molecular weight excluding hydrogens is 295 g/mol. The van der Waals surface area contributed by atoms with Crippen molar-refractivity contribution in [3.8, 4) is 0 Å². The summed E-state index contributed by atoms with van der Waals surface area (Å²) in [7, 11) is 1.92. The number of aromatic nitrogens is 2. The number of fused-ring (bicyclic) bond motifs is 1. The average Bonchev–Trinajstić information content (AvgIpc) is 2.93. The van der Waals surface area contributed by atoms with Crippen LogP contribution in [0.25, 0.3) is 0 Å². The summed E-state index contributed by atoms with van der Waals surface area (Å²) in [5, 5.41) is 5.58. The molecule has 106 valence electrons. The van der Waals surface area contributed by atoms with E-state index in [1.165, 1.54) is 11.1 Å². The summed E-state index contributed by atoms with van der Waals surface area (Å²) in [6.45, 7) is 2.15. The lowest BCUT2D eigenvalue weighted by atomic mass is 10.0. The van der Waals surface area contributed by atoms with Crippen LogP contribution in [0.5, 0.6) is 0 Å². The smallest absolute Gasteiger partial charge is 0.0534 e. The highest BCUT2D eigenvalue weighted by atomic mass is 35.5. The third kappa shape index (κ3) is 2.44. The Bertz CT molecular complexity index is 638. The van der Waals surface area contributed by atoms with Crippen molar-refractivity contribution in [3.05, 3.63) is 51.3 Å². The largest absolute Gasteiger partial charge is 0.329 e. The first-order valence-corrected chi connectivity index (χ1v) is 7.23. The number of rotatable bonds is 3. The Hall–Kier alpha value is -1.07. The van der Waals surface area contributed by atoms with Gasteiger partial charge in [-0.2, -0.15) is 5.10 Å². The van der Waals surface area contributed by atoms with Crippen LogP contribution in [-0.4, -0.2) is 21.2 Å². The lowest BCUT2D eigenvalue weighted by Crippen LogP contribution is -2.27. The van der Waals surface area contributed by atoms with Gasteiger partial charge in [-0.1, -0.05) is 23.2 Å². The maximum Gasteiger partial charge on any atom is 0.0534 e. The second-order valence-corrected chi connectivity index (χ2v) is 5.98. The minimum Gasteiger partial charge on any atom is -0.329 e. The fourth-order valence-corrected chi connectivity index (χ4v) is 3.54. The number of aryl methyl sites for hydroxylation is 1. The molecule has 0 radical (unpaired) electrons. The quantitative estimate of drug-likeness (QED) is 0.948. The van der Waals surface area contributed by atoms with E-state index >= 15 is 0 Å². The fraction of sp³-hybridized carbons (Fsp3) is 0.357. The zero-order valence-electron chi connectivity index (χ0n) is 11.2. The first-order chi connectivity index (χ1) is 9.58. The van der Waals surface area contributed by atoms with Crippen LogP contribution in [0, 0.1) is 0 Å². The number of nitrogens with two attached hydrogens (primary N) is 1. The van der Waals surface area contributed by atoms with E-state index in [9.17, 15) is 0 Å². The van der Waals surface area contributed by atoms with Crippen LogP contribution in [0.4, 0.5) is 0 Å². The van der Waals surface area contributed by atoms with Crippen LogP contribution in [0.15, 0.2) is 24.5 Å². The summed E-state index contributed by atoms with van der Waals surface area (Å²) in [5.41, 5.74) is 9.40. The zero-order valence-corrected chi connectivity index (χ0v) is 12.7. The molecule has 1 atom stereocenters. The van der Waals surface area contributed by atoms with E-state index in [1.54, 1.807) is 10.7 Å². The van der Waals surface area contributed by atoms with Crippen LogP contribution in [-0.2, 0) is 20.1 Å². The minimum atomic E-state index is 0.134. The molecule has 1 aromatic heterocycles. The van der Waals surface area contributed by atoms with Gasteiger partial charge in [0.2, 0.25) is 0 Å². The van der Waals surface area contributed by atoms with Crippen LogP contribution in [0.1, 0.15) is 22.7 Å². The van der Waals surface area contributed by atoms with Crippen molar-refractivity contribution < 1.29 is 0 Å². The predicted octanol–water partition coefficient (Wildman–Crippen LogP) is 2.74. The standard InChI is InChI=1S/C14H16Cl2N4/c1-19-6-9(5-18-19)7-20-8-10-2-11(15)3-12(16)14(10)13(20)4-17/h2-3,5-6,13H,4,7-8,17H2,1H3. The van der Waals surface area contributed by atoms with E-state index < -0.39 is 0 Å². The van der Waals surface area contributed by atoms with Gasteiger partial charge >= 0.3 is 0 Å². The Balaban J connectivity index is 1.90. The minimum absolute atomic E-state index is 0.134. The lowest BCUT2D eigenvalue weighted by Gasteiger charge is -2.23. The molecule has 1 aliphatic heterocycles. The maximum absolute atomic E-state index is 6.34. The van der Waals surface area contributed by atoms with E-state index in [0.717, 1.165) is 18.7 Å². The molecule has 4 nitrogen and oxygen atoms in total. The summed E-state index contributed by atoms with van der Waals surface area (Å²) in [4.78, 5) is 2.31. The van der Waals surface area contributed by atoms with Crippen LogP contribution >= 0.6 is 23.2 Å². The van der Waals surface area contributed by atoms with Crippen molar-refractivity contribution >= 4 is 23.2 Å². The first-order valence-electron chi connectivity index (χ1n) is 6.48. The molecule has 2 heterocycles. The van der Waals surface area contributed by atoms with Crippen LogP contribution in [0.3, 0.4) is 0 Å². The maximum atomic E-state index is 6.34. The molecule has 0 saturated carbocycles. The van der Waals surface area contributed by atoms with Crippen LogP contribution < -0.4 is 5.73 Å². The molecule has 2 aromatic rings. The molecule has 2 N–H and O–H groups in total. The van der Waals surface area contributed by atoms with E-state index in [4.69, 9.17) is 28.9 Å². The van der Waals surface area contributed by atoms with Gasteiger partial charge in [-0.15, -0.1) is 0 Å². The third-order valence-electron chi connectivity index (χ3n) is 3.69. The molecule has 0 aliphatic carbocycles. The Morgan fingerprint density at radius 3 is 2.85 bits per heavy atom. The van der Waals surface area contributed by atoms with Gasteiger partial charge in [0.1, 0.15) is 0 Å². The van der Waals surface area contributed by atoms with Gasteiger partial charge < -0.3 is 5.73 Å².